The lowest BCUT2D eigenvalue weighted by Crippen LogP contribution is -2.40. The number of ketones is 1. The minimum absolute atomic E-state index is 0.0845. The largest absolute Gasteiger partial charge is 0.378 e. The Kier molecular flexibility index (Phi) is 9.16. The van der Waals surface area contributed by atoms with E-state index in [-0.39, 0.29) is 23.2 Å². The van der Waals surface area contributed by atoms with Crippen molar-refractivity contribution >= 4 is 34.7 Å². The number of morpholine rings is 1. The predicted octanol–water partition coefficient (Wildman–Crippen LogP) is 3.34. The Morgan fingerprint density at radius 3 is 2.50 bits per heavy atom. The van der Waals surface area contributed by atoms with Crippen LogP contribution in [0.4, 0.5) is 23.0 Å². The first-order valence-corrected chi connectivity index (χ1v) is 14.6. The Morgan fingerprint density at radius 2 is 1.81 bits per heavy atom. The molecule has 2 aromatic heterocycles. The molecule has 1 atom stereocenters. The number of benzene rings is 1. The molecule has 2 fully saturated rings. The van der Waals surface area contributed by atoms with Crippen LogP contribution in [-0.2, 0) is 11.8 Å². The molecule has 1 amide bonds. The van der Waals surface area contributed by atoms with Gasteiger partial charge in [0.15, 0.2) is 11.6 Å². The topological polar surface area (TPSA) is 113 Å². The van der Waals surface area contributed by atoms with Crippen LogP contribution in [0.2, 0.25) is 0 Å². The Bertz CT molecular complexity index is 1450. The second-order valence-electron chi connectivity index (χ2n) is 10.9. The standard InChI is InChI=1S/C31H39N7O4/c1-4-35(2)25-10-7-23(8-11-25)27(39)18-22-6-5-13-38(21-22)29-19-26(31(41)36(3)34-29)33-28-12-9-24(20-32-28)30(40)37-14-16-42-17-15-37/h7-12,19-20,22H,4-6,13-18,21H2,1-3H3,(H,32,33)/t22-/m0/s1. The van der Waals surface area contributed by atoms with Crippen LogP contribution < -0.4 is 20.7 Å². The second kappa shape index (κ2) is 13.2. The van der Waals surface area contributed by atoms with E-state index in [1.165, 1.54) is 10.9 Å². The molecular weight excluding hydrogens is 534 g/mol. The van der Waals surface area contributed by atoms with Gasteiger partial charge in [0.05, 0.1) is 18.8 Å². The molecule has 11 nitrogen and oxygen atoms in total. The van der Waals surface area contributed by atoms with Gasteiger partial charge in [-0.2, -0.15) is 5.10 Å². The van der Waals surface area contributed by atoms with Gasteiger partial charge in [0.25, 0.3) is 11.5 Å². The van der Waals surface area contributed by atoms with E-state index in [9.17, 15) is 14.4 Å². The highest BCUT2D eigenvalue weighted by Gasteiger charge is 2.25. The summed E-state index contributed by atoms with van der Waals surface area (Å²) in [7, 11) is 3.66. The number of hydrogen-bond donors (Lipinski definition) is 1. The fraction of sp³-hybridized carbons (Fsp3) is 0.452. The van der Waals surface area contributed by atoms with Gasteiger partial charge in [0, 0.05) is 76.8 Å². The summed E-state index contributed by atoms with van der Waals surface area (Å²) >= 11 is 0. The minimum atomic E-state index is -0.282. The van der Waals surface area contributed by atoms with Crippen LogP contribution >= 0.6 is 0 Å². The van der Waals surface area contributed by atoms with Gasteiger partial charge in [-0.15, -0.1) is 0 Å². The van der Waals surface area contributed by atoms with Crippen LogP contribution in [0.25, 0.3) is 0 Å². The number of amides is 1. The number of hydrogen-bond acceptors (Lipinski definition) is 9. The van der Waals surface area contributed by atoms with Crippen molar-refractivity contribution in [2.24, 2.45) is 13.0 Å². The third kappa shape index (κ3) is 6.79. The molecule has 0 bridgehead atoms. The summed E-state index contributed by atoms with van der Waals surface area (Å²) in [6.07, 6.45) is 3.89. The number of aromatic nitrogens is 3. The molecule has 0 spiro atoms. The lowest BCUT2D eigenvalue weighted by Gasteiger charge is -2.33. The number of nitrogens with zero attached hydrogens (tertiary/aromatic N) is 6. The zero-order valence-electron chi connectivity index (χ0n) is 24.6. The number of carbonyl (C=O) groups is 2. The quantitative estimate of drug-likeness (QED) is 0.385. The third-order valence-electron chi connectivity index (χ3n) is 8.04. The number of Topliss-reactive ketones (excluding diaryl/α,β-unsaturated/α-hetero) is 1. The molecule has 0 saturated carbocycles. The van der Waals surface area contributed by atoms with Crippen molar-refractivity contribution in [3.8, 4) is 0 Å². The number of anilines is 4. The molecule has 1 aromatic carbocycles. The molecule has 42 heavy (non-hydrogen) atoms. The van der Waals surface area contributed by atoms with Gasteiger partial charge in [0.1, 0.15) is 11.5 Å². The maximum atomic E-state index is 13.1. The summed E-state index contributed by atoms with van der Waals surface area (Å²) in [5.41, 5.74) is 2.38. The molecule has 4 heterocycles. The van der Waals surface area contributed by atoms with Crippen LogP contribution in [0.1, 0.15) is 46.9 Å². The van der Waals surface area contributed by atoms with E-state index in [1.807, 2.05) is 31.3 Å². The van der Waals surface area contributed by atoms with E-state index < -0.39 is 0 Å². The maximum Gasteiger partial charge on any atom is 0.290 e. The summed E-state index contributed by atoms with van der Waals surface area (Å²) in [4.78, 5) is 49.1. The van der Waals surface area contributed by atoms with Gasteiger partial charge in [-0.25, -0.2) is 9.67 Å². The molecule has 0 unspecified atom stereocenters. The Morgan fingerprint density at radius 1 is 1.07 bits per heavy atom. The SMILES string of the molecule is CCN(C)c1ccc(C(=O)C[C@@H]2CCCN(c3cc(Nc4ccc(C(=O)N5CCOCC5)cn4)c(=O)n(C)n3)C2)cc1. The number of aryl methyl sites for hydroxylation is 1. The number of ether oxygens (including phenoxy) is 1. The van der Waals surface area contributed by atoms with E-state index in [0.29, 0.717) is 62.2 Å². The summed E-state index contributed by atoms with van der Waals surface area (Å²) in [6, 6.07) is 13.0. The van der Waals surface area contributed by atoms with Crippen LogP contribution in [0.3, 0.4) is 0 Å². The third-order valence-corrected chi connectivity index (χ3v) is 8.04. The second-order valence-corrected chi connectivity index (χ2v) is 10.9. The summed E-state index contributed by atoms with van der Waals surface area (Å²) in [6.45, 7) is 6.66. The Labute approximate surface area is 246 Å². The zero-order valence-corrected chi connectivity index (χ0v) is 24.6. The number of piperidine rings is 1. The van der Waals surface area contributed by atoms with Crippen molar-refractivity contribution < 1.29 is 14.3 Å². The van der Waals surface area contributed by atoms with Crippen LogP contribution in [0.15, 0.2) is 53.5 Å². The van der Waals surface area contributed by atoms with Crippen molar-refractivity contribution in [1.82, 2.24) is 19.7 Å². The van der Waals surface area contributed by atoms with Gasteiger partial charge in [-0.3, -0.25) is 14.4 Å². The highest BCUT2D eigenvalue weighted by molar-refractivity contribution is 5.96. The summed E-state index contributed by atoms with van der Waals surface area (Å²) in [5, 5.41) is 7.62. The normalized spacial score (nSPS) is 17.2. The Hall–Kier alpha value is -4.25. The number of nitrogens with one attached hydrogen (secondary N) is 1. The number of rotatable bonds is 9. The van der Waals surface area contributed by atoms with Gasteiger partial charge >= 0.3 is 0 Å². The molecule has 5 rings (SSSR count). The fourth-order valence-corrected chi connectivity index (χ4v) is 5.42. The lowest BCUT2D eigenvalue weighted by molar-refractivity contribution is 0.0302. The highest BCUT2D eigenvalue weighted by Crippen LogP contribution is 2.27. The van der Waals surface area contributed by atoms with Crippen LogP contribution in [0, 0.1) is 5.92 Å². The maximum absolute atomic E-state index is 13.1. The van der Waals surface area contributed by atoms with E-state index in [2.05, 4.69) is 32.1 Å². The molecule has 3 aromatic rings. The van der Waals surface area contributed by atoms with Crippen molar-refractivity contribution in [2.75, 3.05) is 68.1 Å². The van der Waals surface area contributed by atoms with Gasteiger partial charge in [-0.1, -0.05) is 0 Å². The highest BCUT2D eigenvalue weighted by atomic mass is 16.5. The van der Waals surface area contributed by atoms with Crippen molar-refractivity contribution in [3.63, 3.8) is 0 Å². The molecule has 0 aliphatic carbocycles. The van der Waals surface area contributed by atoms with Crippen LogP contribution in [0.5, 0.6) is 0 Å². The molecule has 2 saturated heterocycles. The minimum Gasteiger partial charge on any atom is -0.378 e. The first kappa shape index (κ1) is 29.2. The van der Waals surface area contributed by atoms with E-state index in [0.717, 1.165) is 37.2 Å². The average Bonchev–Trinajstić information content (AvgIpc) is 3.03. The smallest absolute Gasteiger partial charge is 0.290 e. The molecule has 2 aliphatic heterocycles. The molecular formula is C31H39N7O4. The van der Waals surface area contributed by atoms with Gasteiger partial charge in [0.2, 0.25) is 0 Å². The molecule has 2 aliphatic rings. The molecule has 1 N–H and O–H groups in total. The molecule has 0 radical (unpaired) electrons. The lowest BCUT2D eigenvalue weighted by atomic mass is 9.91. The first-order valence-electron chi connectivity index (χ1n) is 14.6. The van der Waals surface area contributed by atoms with Crippen LogP contribution in [-0.4, -0.2) is 84.3 Å². The molecule has 11 heteroatoms. The Balaban J connectivity index is 1.24. The van der Waals surface area contributed by atoms with E-state index >= 15 is 0 Å². The predicted molar refractivity (Wildman–Crippen MR) is 163 cm³/mol. The van der Waals surface area contributed by atoms with Gasteiger partial charge in [-0.05, 0) is 62.1 Å². The molecule has 222 valence electrons. The van der Waals surface area contributed by atoms with E-state index in [4.69, 9.17) is 4.74 Å². The van der Waals surface area contributed by atoms with Crippen molar-refractivity contribution in [2.45, 2.75) is 26.2 Å². The summed E-state index contributed by atoms with van der Waals surface area (Å²) < 4.78 is 6.64. The number of carbonyl (C=O) groups excluding carboxylic acids is 2. The fourth-order valence-electron chi connectivity index (χ4n) is 5.42. The van der Waals surface area contributed by atoms with E-state index in [1.54, 1.807) is 30.1 Å². The average molecular weight is 574 g/mol. The first-order chi connectivity index (χ1) is 20.3. The number of pyridine rings is 1. The van der Waals surface area contributed by atoms with Gasteiger partial charge < -0.3 is 24.8 Å². The van der Waals surface area contributed by atoms with Crippen molar-refractivity contribution in [3.05, 3.63) is 70.1 Å². The zero-order chi connectivity index (χ0) is 29.6. The monoisotopic (exact) mass is 573 g/mol. The van der Waals surface area contributed by atoms with Crippen molar-refractivity contribution in [1.29, 1.82) is 0 Å². The summed E-state index contributed by atoms with van der Waals surface area (Å²) in [5.74, 6) is 1.38.